The summed E-state index contributed by atoms with van der Waals surface area (Å²) >= 11 is 6.59. The molecular formula is C27H27ClN4O5S. The second-order valence-electron chi connectivity index (χ2n) is 9.32. The molecule has 0 bridgehead atoms. The van der Waals surface area contributed by atoms with Crippen molar-refractivity contribution in [3.8, 4) is 5.75 Å². The number of aryl methyl sites for hydroxylation is 1. The van der Waals surface area contributed by atoms with Crippen molar-refractivity contribution in [2.24, 2.45) is 7.05 Å². The predicted molar refractivity (Wildman–Crippen MR) is 143 cm³/mol. The number of hydrogen-bond acceptors (Lipinski definition) is 7. The largest absolute Gasteiger partial charge is 0.488 e. The summed E-state index contributed by atoms with van der Waals surface area (Å²) in [5.41, 5.74) is 3.85. The minimum absolute atomic E-state index is 0.0468. The number of para-hydroxylation sites is 1. The van der Waals surface area contributed by atoms with Crippen LogP contribution in [0.5, 0.6) is 5.75 Å². The van der Waals surface area contributed by atoms with Gasteiger partial charge in [0.05, 0.1) is 25.6 Å². The molecule has 0 saturated heterocycles. The molecule has 2 heterocycles. The lowest BCUT2D eigenvalue weighted by Crippen LogP contribution is -2.35. The topological polar surface area (TPSA) is 104 Å². The molecule has 2 atom stereocenters. The van der Waals surface area contributed by atoms with Crippen molar-refractivity contribution < 1.29 is 22.7 Å². The fourth-order valence-electron chi connectivity index (χ4n) is 4.76. The molecular weight excluding hydrogens is 528 g/mol. The molecule has 0 spiro atoms. The Kier molecular flexibility index (Phi) is 7.13. The van der Waals surface area contributed by atoms with Crippen LogP contribution in [0.4, 0.5) is 0 Å². The van der Waals surface area contributed by atoms with Crippen LogP contribution in [0.25, 0.3) is 11.0 Å². The first-order chi connectivity index (χ1) is 18.2. The van der Waals surface area contributed by atoms with E-state index in [4.69, 9.17) is 21.1 Å². The fraction of sp³-hybridized carbons (Fsp3) is 0.296. The van der Waals surface area contributed by atoms with Crippen molar-refractivity contribution in [2.45, 2.75) is 36.8 Å². The standard InChI is InChI=1S/C27H27ClN4O5S/c1-17-15-32(38(34,35)26-7-5-4-6-25(26)37-17)16-20-12-18(8-10-22(20)28)21(14-27(33)36-3)19-9-11-24-23(13-19)29-30-31(24)2/h4-13,17,21H,14-16H2,1-3H3/t17-,21?/m1/s1. The molecule has 0 saturated carbocycles. The van der Waals surface area contributed by atoms with Crippen LogP contribution in [0.2, 0.25) is 5.02 Å². The molecule has 0 radical (unpaired) electrons. The molecule has 0 amide bonds. The number of carbonyl (C=O) groups is 1. The van der Waals surface area contributed by atoms with E-state index in [1.54, 1.807) is 35.0 Å². The van der Waals surface area contributed by atoms with Gasteiger partial charge < -0.3 is 9.47 Å². The van der Waals surface area contributed by atoms with Crippen molar-refractivity contribution >= 4 is 38.6 Å². The molecule has 4 aromatic rings. The summed E-state index contributed by atoms with van der Waals surface area (Å²) in [5.74, 6) is -0.406. The van der Waals surface area contributed by atoms with Gasteiger partial charge in [-0.3, -0.25) is 4.79 Å². The third-order valence-corrected chi connectivity index (χ3v) is 8.93. The summed E-state index contributed by atoms with van der Waals surface area (Å²) in [6, 6.07) is 17.8. The van der Waals surface area contributed by atoms with E-state index in [0.717, 1.165) is 16.6 Å². The molecule has 11 heteroatoms. The second-order valence-corrected chi connectivity index (χ2v) is 11.6. The SMILES string of the molecule is COC(=O)CC(c1ccc(Cl)c(CN2C[C@@H](C)Oc3ccccc3S2(=O)=O)c1)c1ccc2c(c1)nnn2C. The average molecular weight is 555 g/mol. The third kappa shape index (κ3) is 4.99. The van der Waals surface area contributed by atoms with Gasteiger partial charge >= 0.3 is 5.97 Å². The smallest absolute Gasteiger partial charge is 0.306 e. The minimum Gasteiger partial charge on any atom is -0.488 e. The lowest BCUT2D eigenvalue weighted by Gasteiger charge is -2.23. The van der Waals surface area contributed by atoms with E-state index in [2.05, 4.69) is 10.3 Å². The molecule has 1 aromatic heterocycles. The highest BCUT2D eigenvalue weighted by atomic mass is 35.5. The fourth-order valence-corrected chi connectivity index (χ4v) is 6.55. The van der Waals surface area contributed by atoms with Crippen LogP contribution in [0.15, 0.2) is 65.6 Å². The Labute approximate surface area is 226 Å². The Morgan fingerprint density at radius 1 is 1.16 bits per heavy atom. The number of hydrogen-bond donors (Lipinski definition) is 0. The van der Waals surface area contributed by atoms with Crippen LogP contribution in [0, 0.1) is 0 Å². The summed E-state index contributed by atoms with van der Waals surface area (Å²) in [4.78, 5) is 12.5. The Morgan fingerprint density at radius 2 is 1.89 bits per heavy atom. The number of esters is 1. The van der Waals surface area contributed by atoms with Crippen LogP contribution in [-0.4, -0.2) is 53.4 Å². The van der Waals surface area contributed by atoms with E-state index in [0.29, 0.717) is 21.9 Å². The molecule has 5 rings (SSSR count). The van der Waals surface area contributed by atoms with E-state index in [9.17, 15) is 13.2 Å². The quantitative estimate of drug-likeness (QED) is 0.327. The van der Waals surface area contributed by atoms with Crippen LogP contribution < -0.4 is 4.74 Å². The number of methoxy groups -OCH3 is 1. The number of ether oxygens (including phenoxy) is 2. The summed E-state index contributed by atoms with van der Waals surface area (Å²) in [5, 5.41) is 8.70. The number of carbonyl (C=O) groups excluding carboxylic acids is 1. The van der Waals surface area contributed by atoms with E-state index in [1.807, 2.05) is 44.3 Å². The molecule has 3 aromatic carbocycles. The third-order valence-electron chi connectivity index (χ3n) is 6.71. The van der Waals surface area contributed by atoms with Gasteiger partial charge in [0.25, 0.3) is 0 Å². The molecule has 38 heavy (non-hydrogen) atoms. The van der Waals surface area contributed by atoms with E-state index >= 15 is 0 Å². The second kappa shape index (κ2) is 10.4. The highest BCUT2D eigenvalue weighted by molar-refractivity contribution is 7.89. The number of aromatic nitrogens is 3. The first kappa shape index (κ1) is 26.1. The number of nitrogens with zero attached hydrogens (tertiary/aromatic N) is 4. The maximum Gasteiger partial charge on any atom is 0.306 e. The summed E-state index contributed by atoms with van der Waals surface area (Å²) in [6.07, 6.45) is -0.273. The molecule has 0 aliphatic carbocycles. The lowest BCUT2D eigenvalue weighted by molar-refractivity contribution is -0.140. The number of halogens is 1. The van der Waals surface area contributed by atoms with Crippen molar-refractivity contribution in [1.82, 2.24) is 19.3 Å². The van der Waals surface area contributed by atoms with Gasteiger partial charge in [-0.05, 0) is 53.9 Å². The zero-order valence-corrected chi connectivity index (χ0v) is 22.7. The van der Waals surface area contributed by atoms with Gasteiger partial charge in [0, 0.05) is 24.5 Å². The Hall–Kier alpha value is -3.47. The van der Waals surface area contributed by atoms with Crippen LogP contribution in [-0.2, 0) is 33.1 Å². The zero-order valence-electron chi connectivity index (χ0n) is 21.2. The Balaban J connectivity index is 1.53. The molecule has 198 valence electrons. The van der Waals surface area contributed by atoms with Gasteiger partial charge in [-0.2, -0.15) is 4.31 Å². The maximum absolute atomic E-state index is 13.6. The van der Waals surface area contributed by atoms with E-state index in [1.165, 1.54) is 11.4 Å². The van der Waals surface area contributed by atoms with Gasteiger partial charge in [0.1, 0.15) is 22.3 Å². The summed E-state index contributed by atoms with van der Waals surface area (Å²) in [6.45, 7) is 2.04. The lowest BCUT2D eigenvalue weighted by atomic mass is 9.87. The first-order valence-electron chi connectivity index (χ1n) is 12.1. The van der Waals surface area contributed by atoms with Crippen molar-refractivity contribution in [3.63, 3.8) is 0 Å². The van der Waals surface area contributed by atoms with Crippen molar-refractivity contribution in [1.29, 1.82) is 0 Å². The summed E-state index contributed by atoms with van der Waals surface area (Å²) < 4.78 is 41.1. The molecule has 9 nitrogen and oxygen atoms in total. The van der Waals surface area contributed by atoms with E-state index < -0.39 is 10.0 Å². The maximum atomic E-state index is 13.6. The molecule has 0 fully saturated rings. The van der Waals surface area contributed by atoms with Crippen LogP contribution in [0.1, 0.15) is 36.0 Å². The molecule has 1 aliphatic heterocycles. The monoisotopic (exact) mass is 554 g/mol. The normalized spacial score (nSPS) is 17.8. The zero-order chi connectivity index (χ0) is 27.0. The van der Waals surface area contributed by atoms with Gasteiger partial charge in [0.15, 0.2) is 0 Å². The molecule has 1 aliphatic rings. The van der Waals surface area contributed by atoms with Crippen molar-refractivity contribution in [2.75, 3.05) is 13.7 Å². The number of benzene rings is 3. The first-order valence-corrected chi connectivity index (χ1v) is 13.9. The predicted octanol–water partition coefficient (Wildman–Crippen LogP) is 4.29. The van der Waals surface area contributed by atoms with Crippen LogP contribution in [0.3, 0.4) is 0 Å². The van der Waals surface area contributed by atoms with Gasteiger partial charge in [-0.25, -0.2) is 13.1 Å². The number of rotatable bonds is 6. The van der Waals surface area contributed by atoms with Gasteiger partial charge in [0.2, 0.25) is 10.0 Å². The number of sulfonamides is 1. The van der Waals surface area contributed by atoms with Crippen molar-refractivity contribution in [3.05, 3.63) is 82.4 Å². The van der Waals surface area contributed by atoms with E-state index in [-0.39, 0.29) is 42.4 Å². The van der Waals surface area contributed by atoms with Gasteiger partial charge in [-0.15, -0.1) is 5.10 Å². The molecule has 1 unspecified atom stereocenters. The Morgan fingerprint density at radius 3 is 2.68 bits per heavy atom. The van der Waals surface area contributed by atoms with Crippen LogP contribution >= 0.6 is 11.6 Å². The number of fused-ring (bicyclic) bond motifs is 2. The summed E-state index contributed by atoms with van der Waals surface area (Å²) in [7, 11) is -0.675. The molecule has 0 N–H and O–H groups in total. The highest BCUT2D eigenvalue weighted by Gasteiger charge is 2.33. The average Bonchev–Trinajstić information content (AvgIpc) is 3.23. The van der Waals surface area contributed by atoms with Gasteiger partial charge in [-0.1, -0.05) is 47.1 Å². The minimum atomic E-state index is -3.84. The highest BCUT2D eigenvalue weighted by Crippen LogP contribution is 2.35. The Bertz CT molecular complexity index is 1620.